The average Bonchev–Trinajstić information content (AvgIpc) is 2.28. The minimum absolute atomic E-state index is 1.01. The van der Waals surface area contributed by atoms with E-state index < -0.39 is 0 Å². The van der Waals surface area contributed by atoms with E-state index in [1.807, 2.05) is 4.90 Å². The molecule has 2 rings (SSSR count). The van der Waals surface area contributed by atoms with Crippen molar-refractivity contribution < 1.29 is 10.2 Å². The fraction of sp³-hybridized carbons (Fsp3) is 1.00. The SMILES string of the molecule is C1CC[C@H]2C[NH2+]CC[NH+]2CC1. The molecule has 0 amide bonds. The van der Waals surface area contributed by atoms with Crippen LogP contribution >= 0.6 is 0 Å². The summed E-state index contributed by atoms with van der Waals surface area (Å²) in [5, 5.41) is 2.50. The molecule has 2 saturated heterocycles. The first kappa shape index (κ1) is 7.56. The molecule has 2 fully saturated rings. The Morgan fingerprint density at radius 3 is 3.09 bits per heavy atom. The highest BCUT2D eigenvalue weighted by atomic mass is 15.2. The van der Waals surface area contributed by atoms with Crippen molar-refractivity contribution in [2.75, 3.05) is 26.2 Å². The molecule has 2 heterocycles. The fourth-order valence-electron chi connectivity index (χ4n) is 2.55. The van der Waals surface area contributed by atoms with E-state index in [9.17, 15) is 0 Å². The van der Waals surface area contributed by atoms with Crippen LogP contribution in [0.3, 0.4) is 0 Å². The van der Waals surface area contributed by atoms with Crippen LogP contribution in [-0.2, 0) is 0 Å². The van der Waals surface area contributed by atoms with Gasteiger partial charge >= 0.3 is 0 Å². The summed E-state index contributed by atoms with van der Waals surface area (Å²) in [6, 6.07) is 1.01. The Morgan fingerprint density at radius 2 is 2.09 bits per heavy atom. The van der Waals surface area contributed by atoms with Crippen molar-refractivity contribution in [2.24, 2.45) is 0 Å². The molecule has 11 heavy (non-hydrogen) atoms. The van der Waals surface area contributed by atoms with Crippen LogP contribution in [0, 0.1) is 0 Å². The molecule has 2 heteroatoms. The molecular weight excluding hydrogens is 136 g/mol. The third-order valence-corrected chi connectivity index (χ3v) is 3.25. The summed E-state index contributed by atoms with van der Waals surface area (Å²) >= 11 is 0. The Hall–Kier alpha value is -0.0800. The third-order valence-electron chi connectivity index (χ3n) is 3.25. The number of nitrogens with two attached hydrogens (primary N) is 1. The molecule has 2 aliphatic heterocycles. The number of hydrogen-bond acceptors (Lipinski definition) is 0. The second-order valence-electron chi connectivity index (χ2n) is 4.02. The Labute approximate surface area is 69.0 Å². The van der Waals surface area contributed by atoms with Gasteiger partial charge in [-0.05, 0) is 19.3 Å². The molecule has 0 aromatic heterocycles. The van der Waals surface area contributed by atoms with Crippen molar-refractivity contribution in [2.45, 2.75) is 31.7 Å². The van der Waals surface area contributed by atoms with Gasteiger partial charge in [-0.15, -0.1) is 0 Å². The summed E-state index contributed by atoms with van der Waals surface area (Å²) in [6.45, 7) is 5.64. The van der Waals surface area contributed by atoms with Gasteiger partial charge in [0.25, 0.3) is 0 Å². The van der Waals surface area contributed by atoms with E-state index in [0.29, 0.717) is 0 Å². The van der Waals surface area contributed by atoms with Gasteiger partial charge in [0, 0.05) is 6.42 Å². The highest BCUT2D eigenvalue weighted by Crippen LogP contribution is 2.04. The number of rotatable bonds is 0. The van der Waals surface area contributed by atoms with E-state index >= 15 is 0 Å². The first-order valence-electron chi connectivity index (χ1n) is 5.13. The Balaban J connectivity index is 1.93. The summed E-state index contributed by atoms with van der Waals surface area (Å²) in [6.07, 6.45) is 5.94. The van der Waals surface area contributed by atoms with Crippen LogP contribution in [0.2, 0.25) is 0 Å². The maximum absolute atomic E-state index is 2.50. The topological polar surface area (TPSA) is 21.1 Å². The molecule has 2 atom stereocenters. The van der Waals surface area contributed by atoms with E-state index in [1.54, 1.807) is 0 Å². The lowest BCUT2D eigenvalue weighted by Crippen LogP contribution is -3.23. The second kappa shape index (κ2) is 3.55. The van der Waals surface area contributed by atoms with Crippen LogP contribution in [0.4, 0.5) is 0 Å². The van der Waals surface area contributed by atoms with Gasteiger partial charge in [0.15, 0.2) is 0 Å². The predicted molar refractivity (Wildman–Crippen MR) is 44.6 cm³/mol. The van der Waals surface area contributed by atoms with Gasteiger partial charge in [0.2, 0.25) is 0 Å². The lowest BCUT2D eigenvalue weighted by atomic mass is 10.1. The molecule has 0 spiro atoms. The Morgan fingerprint density at radius 1 is 1.09 bits per heavy atom. The van der Waals surface area contributed by atoms with Crippen molar-refractivity contribution in [1.82, 2.24) is 0 Å². The molecule has 0 saturated carbocycles. The van der Waals surface area contributed by atoms with Crippen LogP contribution in [0.5, 0.6) is 0 Å². The molecule has 2 aliphatic rings. The third kappa shape index (κ3) is 1.74. The lowest BCUT2D eigenvalue weighted by molar-refractivity contribution is -0.970. The summed E-state index contributed by atoms with van der Waals surface area (Å²) in [4.78, 5) is 1.91. The van der Waals surface area contributed by atoms with E-state index in [4.69, 9.17) is 0 Å². The van der Waals surface area contributed by atoms with Crippen molar-refractivity contribution in [3.05, 3.63) is 0 Å². The largest absolute Gasteiger partial charge is 0.337 e. The molecule has 0 bridgehead atoms. The predicted octanol–water partition coefficient (Wildman–Crippen LogP) is -1.61. The monoisotopic (exact) mass is 156 g/mol. The zero-order valence-corrected chi connectivity index (χ0v) is 7.31. The maximum Gasteiger partial charge on any atom is 0.137 e. The summed E-state index contributed by atoms with van der Waals surface area (Å²) in [5.41, 5.74) is 0. The molecule has 0 aromatic carbocycles. The zero-order valence-electron chi connectivity index (χ0n) is 7.31. The normalized spacial score (nSPS) is 39.3. The van der Waals surface area contributed by atoms with Gasteiger partial charge < -0.3 is 10.2 Å². The number of piperazine rings is 1. The molecule has 2 nitrogen and oxygen atoms in total. The highest BCUT2D eigenvalue weighted by Gasteiger charge is 2.28. The molecule has 0 radical (unpaired) electrons. The van der Waals surface area contributed by atoms with Gasteiger partial charge in [-0.25, -0.2) is 0 Å². The lowest BCUT2D eigenvalue weighted by Gasteiger charge is -2.29. The Bertz CT molecular complexity index is 111. The van der Waals surface area contributed by atoms with Crippen LogP contribution in [0.25, 0.3) is 0 Å². The Kier molecular flexibility index (Phi) is 2.44. The summed E-state index contributed by atoms with van der Waals surface area (Å²) in [7, 11) is 0. The average molecular weight is 156 g/mol. The molecule has 1 unspecified atom stereocenters. The van der Waals surface area contributed by atoms with E-state index in [2.05, 4.69) is 5.32 Å². The molecule has 0 aliphatic carbocycles. The van der Waals surface area contributed by atoms with Crippen LogP contribution < -0.4 is 10.2 Å². The van der Waals surface area contributed by atoms with Gasteiger partial charge in [-0.3, -0.25) is 0 Å². The molecule has 3 N–H and O–H groups in total. The number of quaternary nitrogens is 2. The van der Waals surface area contributed by atoms with E-state index in [0.717, 1.165) is 6.04 Å². The van der Waals surface area contributed by atoms with Gasteiger partial charge in [0.05, 0.1) is 6.54 Å². The van der Waals surface area contributed by atoms with Gasteiger partial charge in [-0.2, -0.15) is 0 Å². The standard InChI is InChI=1S/C9H18N2/c1-2-4-9-8-10-5-7-11(9)6-3-1/h9-10H,1-8H2/p+2/t9-/m0/s1. The number of nitrogens with one attached hydrogen (secondary N) is 1. The molecule has 0 aromatic rings. The van der Waals surface area contributed by atoms with Gasteiger partial charge in [-0.1, -0.05) is 0 Å². The highest BCUT2D eigenvalue weighted by molar-refractivity contribution is 4.60. The minimum atomic E-state index is 1.01. The summed E-state index contributed by atoms with van der Waals surface area (Å²) in [5.74, 6) is 0. The minimum Gasteiger partial charge on any atom is -0.337 e. The molecular formula is C9H20N2+2. The van der Waals surface area contributed by atoms with Crippen molar-refractivity contribution >= 4 is 0 Å². The first-order chi connectivity index (χ1) is 5.47. The smallest absolute Gasteiger partial charge is 0.137 e. The second-order valence-corrected chi connectivity index (χ2v) is 4.02. The van der Waals surface area contributed by atoms with E-state index in [1.165, 1.54) is 51.9 Å². The quantitative estimate of drug-likeness (QED) is 0.421. The van der Waals surface area contributed by atoms with Crippen molar-refractivity contribution in [1.29, 1.82) is 0 Å². The van der Waals surface area contributed by atoms with Crippen molar-refractivity contribution in [3.8, 4) is 0 Å². The van der Waals surface area contributed by atoms with Gasteiger partial charge in [0.1, 0.15) is 25.7 Å². The maximum atomic E-state index is 2.50. The zero-order chi connectivity index (χ0) is 7.52. The number of fused-ring (bicyclic) bond motifs is 1. The van der Waals surface area contributed by atoms with E-state index in [-0.39, 0.29) is 0 Å². The van der Waals surface area contributed by atoms with Crippen molar-refractivity contribution in [3.63, 3.8) is 0 Å². The fourth-order valence-corrected chi connectivity index (χ4v) is 2.55. The number of hydrogen-bond donors (Lipinski definition) is 2. The first-order valence-corrected chi connectivity index (χ1v) is 5.13. The van der Waals surface area contributed by atoms with Crippen LogP contribution in [0.1, 0.15) is 25.7 Å². The van der Waals surface area contributed by atoms with Crippen LogP contribution in [-0.4, -0.2) is 32.2 Å². The molecule has 64 valence electrons. The summed E-state index contributed by atoms with van der Waals surface area (Å²) < 4.78 is 0. The van der Waals surface area contributed by atoms with Crippen LogP contribution in [0.15, 0.2) is 0 Å².